The van der Waals surface area contributed by atoms with Gasteiger partial charge in [-0.1, -0.05) is 6.07 Å². The lowest BCUT2D eigenvalue weighted by Crippen LogP contribution is -2.04. The molecule has 0 radical (unpaired) electrons. The molecule has 1 aliphatic heterocycles. The van der Waals surface area contributed by atoms with Crippen molar-refractivity contribution in [2.24, 2.45) is 0 Å². The lowest BCUT2D eigenvalue weighted by Gasteiger charge is -2.11. The third-order valence-electron chi connectivity index (χ3n) is 2.96. The third-order valence-corrected chi connectivity index (χ3v) is 2.96. The number of hydrogen-bond acceptors (Lipinski definition) is 2. The van der Waals surface area contributed by atoms with E-state index in [1.165, 1.54) is 22.4 Å². The van der Waals surface area contributed by atoms with Gasteiger partial charge in [-0.15, -0.1) is 0 Å². The predicted molar refractivity (Wildman–Crippen MR) is 58.8 cm³/mol. The summed E-state index contributed by atoms with van der Waals surface area (Å²) < 4.78 is 0. The first-order chi connectivity index (χ1) is 6.72. The van der Waals surface area contributed by atoms with Gasteiger partial charge >= 0.3 is 0 Å². The molecule has 1 aromatic rings. The third kappa shape index (κ3) is 1.50. The fourth-order valence-corrected chi connectivity index (χ4v) is 2.40. The Bertz CT molecular complexity index is 346. The smallest absolute Gasteiger partial charge is 0.0437 e. The van der Waals surface area contributed by atoms with Gasteiger partial charge in [-0.05, 0) is 43.0 Å². The van der Waals surface area contributed by atoms with Crippen molar-refractivity contribution >= 4 is 5.69 Å². The van der Waals surface area contributed by atoms with Crippen molar-refractivity contribution in [2.45, 2.75) is 26.2 Å². The molecular formula is C12H17NO. The van der Waals surface area contributed by atoms with Crippen LogP contribution in [-0.2, 0) is 0 Å². The number of aliphatic hydroxyl groups excluding tert-OH is 1. The second kappa shape index (κ2) is 3.62. The molecule has 0 amide bonds. The molecule has 0 fully saturated rings. The van der Waals surface area contributed by atoms with Crippen LogP contribution in [0.3, 0.4) is 0 Å². The standard InChI is InChI=1S/C12H17NO/c1-8-5-9(2)12-10(3-4-14)7-13-11(12)6-8/h5-6,10,13-14H,3-4,7H2,1-2H3. The number of aryl methyl sites for hydroxylation is 2. The fraction of sp³-hybridized carbons (Fsp3) is 0.500. The summed E-state index contributed by atoms with van der Waals surface area (Å²) in [6.07, 6.45) is 0.865. The average molecular weight is 191 g/mol. The van der Waals surface area contributed by atoms with Crippen molar-refractivity contribution < 1.29 is 5.11 Å². The van der Waals surface area contributed by atoms with Crippen molar-refractivity contribution in [1.29, 1.82) is 0 Å². The van der Waals surface area contributed by atoms with E-state index in [1.54, 1.807) is 0 Å². The van der Waals surface area contributed by atoms with E-state index in [2.05, 4.69) is 31.3 Å². The van der Waals surface area contributed by atoms with Crippen LogP contribution in [0.1, 0.15) is 29.0 Å². The summed E-state index contributed by atoms with van der Waals surface area (Å²) in [5.74, 6) is 0.496. The molecular weight excluding hydrogens is 174 g/mol. The van der Waals surface area contributed by atoms with Crippen LogP contribution in [0.15, 0.2) is 12.1 Å². The Hall–Kier alpha value is -1.02. The molecule has 0 saturated heterocycles. The second-order valence-electron chi connectivity index (χ2n) is 4.13. The molecule has 2 rings (SSSR count). The number of benzene rings is 1. The Morgan fingerprint density at radius 1 is 1.43 bits per heavy atom. The van der Waals surface area contributed by atoms with Gasteiger partial charge in [0.2, 0.25) is 0 Å². The van der Waals surface area contributed by atoms with Crippen LogP contribution < -0.4 is 5.32 Å². The maximum absolute atomic E-state index is 8.97. The molecule has 0 saturated carbocycles. The number of fused-ring (bicyclic) bond motifs is 1. The van der Waals surface area contributed by atoms with E-state index in [0.717, 1.165) is 13.0 Å². The quantitative estimate of drug-likeness (QED) is 0.751. The van der Waals surface area contributed by atoms with Gasteiger partial charge in [0.05, 0.1) is 0 Å². The van der Waals surface area contributed by atoms with Gasteiger partial charge in [-0.3, -0.25) is 0 Å². The number of aliphatic hydroxyl groups is 1. The summed E-state index contributed by atoms with van der Waals surface area (Å²) >= 11 is 0. The largest absolute Gasteiger partial charge is 0.396 e. The Labute approximate surface area is 85.0 Å². The highest BCUT2D eigenvalue weighted by atomic mass is 16.3. The zero-order chi connectivity index (χ0) is 10.1. The van der Waals surface area contributed by atoms with E-state index in [9.17, 15) is 0 Å². The number of nitrogens with one attached hydrogen (secondary N) is 1. The van der Waals surface area contributed by atoms with Crippen molar-refractivity contribution in [1.82, 2.24) is 0 Å². The van der Waals surface area contributed by atoms with Gasteiger partial charge in [0.25, 0.3) is 0 Å². The first-order valence-electron chi connectivity index (χ1n) is 5.18. The van der Waals surface area contributed by atoms with Gasteiger partial charge in [0.1, 0.15) is 0 Å². The lowest BCUT2D eigenvalue weighted by atomic mass is 9.93. The number of hydrogen-bond donors (Lipinski definition) is 2. The summed E-state index contributed by atoms with van der Waals surface area (Å²) in [6, 6.07) is 4.41. The molecule has 2 N–H and O–H groups in total. The minimum absolute atomic E-state index is 0.277. The Balaban J connectivity index is 2.39. The number of anilines is 1. The normalized spacial score (nSPS) is 19.2. The van der Waals surface area contributed by atoms with E-state index >= 15 is 0 Å². The van der Waals surface area contributed by atoms with Crippen LogP contribution in [-0.4, -0.2) is 18.3 Å². The van der Waals surface area contributed by atoms with Crippen LogP contribution in [0.25, 0.3) is 0 Å². The van der Waals surface area contributed by atoms with Crippen LogP contribution >= 0.6 is 0 Å². The monoisotopic (exact) mass is 191 g/mol. The maximum atomic E-state index is 8.97. The predicted octanol–water partition coefficient (Wildman–Crippen LogP) is 2.19. The Morgan fingerprint density at radius 2 is 2.21 bits per heavy atom. The lowest BCUT2D eigenvalue weighted by molar-refractivity contribution is 0.278. The van der Waals surface area contributed by atoms with Gasteiger partial charge in [-0.2, -0.15) is 0 Å². The van der Waals surface area contributed by atoms with Crippen molar-refractivity contribution in [3.63, 3.8) is 0 Å². The highest BCUT2D eigenvalue weighted by Gasteiger charge is 2.23. The minimum atomic E-state index is 0.277. The van der Waals surface area contributed by atoms with Gasteiger partial charge in [-0.25, -0.2) is 0 Å². The van der Waals surface area contributed by atoms with E-state index < -0.39 is 0 Å². The first kappa shape index (κ1) is 9.53. The SMILES string of the molecule is Cc1cc(C)c2c(c1)NCC2CCO. The molecule has 1 aliphatic rings. The summed E-state index contributed by atoms with van der Waals surface area (Å²) in [5.41, 5.74) is 5.33. The molecule has 2 nitrogen and oxygen atoms in total. The van der Waals surface area contributed by atoms with E-state index in [4.69, 9.17) is 5.11 Å². The topological polar surface area (TPSA) is 32.3 Å². The molecule has 0 spiro atoms. The summed E-state index contributed by atoms with van der Waals surface area (Å²) in [6.45, 7) is 5.52. The molecule has 1 unspecified atom stereocenters. The molecule has 76 valence electrons. The van der Waals surface area contributed by atoms with Crippen LogP contribution in [0, 0.1) is 13.8 Å². The van der Waals surface area contributed by atoms with Crippen molar-refractivity contribution in [3.05, 3.63) is 28.8 Å². The number of rotatable bonds is 2. The van der Waals surface area contributed by atoms with Crippen molar-refractivity contribution in [2.75, 3.05) is 18.5 Å². The van der Waals surface area contributed by atoms with Crippen LogP contribution in [0.4, 0.5) is 5.69 Å². The molecule has 1 heterocycles. The Morgan fingerprint density at radius 3 is 2.93 bits per heavy atom. The van der Waals surface area contributed by atoms with E-state index in [-0.39, 0.29) is 6.61 Å². The van der Waals surface area contributed by atoms with Crippen LogP contribution in [0.2, 0.25) is 0 Å². The molecule has 0 aliphatic carbocycles. The zero-order valence-corrected chi connectivity index (χ0v) is 8.80. The highest BCUT2D eigenvalue weighted by Crippen LogP contribution is 2.36. The second-order valence-corrected chi connectivity index (χ2v) is 4.13. The molecule has 14 heavy (non-hydrogen) atoms. The van der Waals surface area contributed by atoms with Gasteiger partial charge < -0.3 is 10.4 Å². The molecule has 0 bridgehead atoms. The minimum Gasteiger partial charge on any atom is -0.396 e. The van der Waals surface area contributed by atoms with Gasteiger partial charge in [0.15, 0.2) is 0 Å². The van der Waals surface area contributed by atoms with Crippen LogP contribution in [0.5, 0.6) is 0 Å². The molecule has 1 atom stereocenters. The molecule has 2 heteroatoms. The van der Waals surface area contributed by atoms with Gasteiger partial charge in [0, 0.05) is 24.8 Å². The summed E-state index contributed by atoms with van der Waals surface area (Å²) in [5, 5.41) is 12.4. The molecule has 0 aromatic heterocycles. The van der Waals surface area contributed by atoms with Crippen molar-refractivity contribution in [3.8, 4) is 0 Å². The van der Waals surface area contributed by atoms with E-state index in [1.807, 2.05) is 0 Å². The first-order valence-corrected chi connectivity index (χ1v) is 5.18. The Kier molecular flexibility index (Phi) is 2.46. The maximum Gasteiger partial charge on any atom is 0.0437 e. The fourth-order valence-electron chi connectivity index (χ4n) is 2.40. The zero-order valence-electron chi connectivity index (χ0n) is 8.80. The summed E-state index contributed by atoms with van der Waals surface area (Å²) in [4.78, 5) is 0. The molecule has 1 aromatic carbocycles. The van der Waals surface area contributed by atoms with E-state index in [0.29, 0.717) is 5.92 Å². The highest BCUT2D eigenvalue weighted by molar-refractivity contribution is 5.62. The summed E-state index contributed by atoms with van der Waals surface area (Å²) in [7, 11) is 0. The average Bonchev–Trinajstić information content (AvgIpc) is 2.49.